The van der Waals surface area contributed by atoms with Gasteiger partial charge >= 0.3 is 0 Å². The molecule has 3 nitrogen and oxygen atoms in total. The second kappa shape index (κ2) is 7.03. The van der Waals surface area contributed by atoms with E-state index in [4.69, 9.17) is 0 Å². The van der Waals surface area contributed by atoms with Crippen molar-refractivity contribution >= 4 is 0 Å². The molecule has 0 aliphatic rings. The molecule has 2 aromatic carbocycles. The molecule has 0 atom stereocenters. The van der Waals surface area contributed by atoms with Gasteiger partial charge < -0.3 is 15.3 Å². The lowest BCUT2D eigenvalue weighted by Gasteiger charge is -2.13. The fourth-order valence-corrected chi connectivity index (χ4v) is 2.54. The van der Waals surface area contributed by atoms with Crippen LogP contribution in [0, 0.1) is 0 Å². The maximum absolute atomic E-state index is 10.1. The standard InChI is InChI=1S/C19H22O3/c1-13(2)6-9-18-15(11-17(21)12-19(18)22)8-7-14-4-3-5-16(20)10-14/h3-5,10-12,20-22H,1,6-9H2,2H3. The topological polar surface area (TPSA) is 60.7 Å². The molecule has 0 heterocycles. The summed E-state index contributed by atoms with van der Waals surface area (Å²) in [6.07, 6.45) is 2.93. The monoisotopic (exact) mass is 298 g/mol. The molecule has 0 bridgehead atoms. The minimum absolute atomic E-state index is 0.0717. The molecular weight excluding hydrogens is 276 g/mol. The Morgan fingerprint density at radius 3 is 2.41 bits per heavy atom. The average molecular weight is 298 g/mol. The van der Waals surface area contributed by atoms with Crippen LogP contribution in [0.3, 0.4) is 0 Å². The second-order valence-corrected chi connectivity index (χ2v) is 5.73. The highest BCUT2D eigenvalue weighted by atomic mass is 16.3. The molecular formula is C19H22O3. The predicted molar refractivity (Wildman–Crippen MR) is 88.4 cm³/mol. The SMILES string of the molecule is C=C(C)CCc1c(O)cc(O)cc1CCc1cccc(O)c1. The summed E-state index contributed by atoms with van der Waals surface area (Å²) in [4.78, 5) is 0. The number of hydrogen-bond donors (Lipinski definition) is 3. The zero-order valence-corrected chi connectivity index (χ0v) is 12.8. The Labute approximate surface area is 131 Å². The first kappa shape index (κ1) is 16.0. The van der Waals surface area contributed by atoms with Crippen molar-refractivity contribution in [3.63, 3.8) is 0 Å². The summed E-state index contributed by atoms with van der Waals surface area (Å²) in [6.45, 7) is 5.85. The fourth-order valence-electron chi connectivity index (χ4n) is 2.54. The van der Waals surface area contributed by atoms with Gasteiger partial charge in [-0.15, -0.1) is 6.58 Å². The third-order valence-corrected chi connectivity index (χ3v) is 3.70. The average Bonchev–Trinajstić information content (AvgIpc) is 2.43. The van der Waals surface area contributed by atoms with Gasteiger partial charge in [-0.1, -0.05) is 17.7 Å². The van der Waals surface area contributed by atoms with E-state index in [1.165, 1.54) is 6.07 Å². The van der Waals surface area contributed by atoms with E-state index in [0.29, 0.717) is 12.8 Å². The molecule has 2 rings (SSSR count). The molecule has 22 heavy (non-hydrogen) atoms. The Hall–Kier alpha value is -2.42. The van der Waals surface area contributed by atoms with Crippen LogP contribution in [-0.2, 0) is 19.3 Å². The molecule has 0 fully saturated rings. The molecule has 0 aliphatic heterocycles. The number of hydrogen-bond acceptors (Lipinski definition) is 3. The van der Waals surface area contributed by atoms with E-state index in [0.717, 1.165) is 35.1 Å². The Morgan fingerprint density at radius 2 is 1.73 bits per heavy atom. The zero-order valence-electron chi connectivity index (χ0n) is 12.8. The first-order valence-electron chi connectivity index (χ1n) is 7.41. The van der Waals surface area contributed by atoms with Crippen LogP contribution in [-0.4, -0.2) is 15.3 Å². The van der Waals surface area contributed by atoms with Crippen LogP contribution in [0.5, 0.6) is 17.2 Å². The number of benzene rings is 2. The van der Waals surface area contributed by atoms with E-state index in [1.54, 1.807) is 18.2 Å². The number of allylic oxidation sites excluding steroid dienone is 1. The van der Waals surface area contributed by atoms with Crippen molar-refractivity contribution in [3.05, 3.63) is 65.2 Å². The van der Waals surface area contributed by atoms with Crippen LogP contribution in [0.25, 0.3) is 0 Å². The van der Waals surface area contributed by atoms with Gasteiger partial charge in [0.25, 0.3) is 0 Å². The summed E-state index contributed by atoms with van der Waals surface area (Å²) >= 11 is 0. The molecule has 0 unspecified atom stereocenters. The second-order valence-electron chi connectivity index (χ2n) is 5.73. The molecule has 0 amide bonds. The normalized spacial score (nSPS) is 10.6. The van der Waals surface area contributed by atoms with Gasteiger partial charge in [-0.25, -0.2) is 0 Å². The Morgan fingerprint density at radius 1 is 0.955 bits per heavy atom. The van der Waals surface area contributed by atoms with Crippen molar-refractivity contribution < 1.29 is 15.3 Å². The van der Waals surface area contributed by atoms with Gasteiger partial charge in [-0.2, -0.15) is 0 Å². The van der Waals surface area contributed by atoms with Crippen LogP contribution in [0.4, 0.5) is 0 Å². The van der Waals surface area contributed by atoms with Crippen molar-refractivity contribution in [1.82, 2.24) is 0 Å². The van der Waals surface area contributed by atoms with Gasteiger partial charge in [0.15, 0.2) is 0 Å². The Bertz CT molecular complexity index is 674. The van der Waals surface area contributed by atoms with E-state index < -0.39 is 0 Å². The largest absolute Gasteiger partial charge is 0.508 e. The van der Waals surface area contributed by atoms with Crippen molar-refractivity contribution in [3.8, 4) is 17.2 Å². The van der Waals surface area contributed by atoms with Crippen molar-refractivity contribution in [2.75, 3.05) is 0 Å². The van der Waals surface area contributed by atoms with Crippen LogP contribution in [0.15, 0.2) is 48.6 Å². The molecule has 0 aromatic heterocycles. The fraction of sp³-hybridized carbons (Fsp3) is 0.263. The van der Waals surface area contributed by atoms with Gasteiger partial charge in [0.05, 0.1) is 0 Å². The summed E-state index contributed by atoms with van der Waals surface area (Å²) in [5.74, 6) is 0.452. The molecule has 0 saturated heterocycles. The summed E-state index contributed by atoms with van der Waals surface area (Å²) in [6, 6.07) is 10.2. The number of rotatable bonds is 6. The van der Waals surface area contributed by atoms with Gasteiger partial charge in [0, 0.05) is 6.07 Å². The minimum Gasteiger partial charge on any atom is -0.508 e. The van der Waals surface area contributed by atoms with E-state index >= 15 is 0 Å². The van der Waals surface area contributed by atoms with Crippen molar-refractivity contribution in [1.29, 1.82) is 0 Å². The number of phenols is 3. The summed E-state index contributed by atoms with van der Waals surface area (Å²) in [7, 11) is 0. The molecule has 116 valence electrons. The van der Waals surface area contributed by atoms with Crippen LogP contribution >= 0.6 is 0 Å². The number of aryl methyl sites for hydroxylation is 2. The quantitative estimate of drug-likeness (QED) is 0.704. The van der Waals surface area contributed by atoms with Gasteiger partial charge in [-0.3, -0.25) is 0 Å². The summed E-state index contributed by atoms with van der Waals surface area (Å²) in [5.41, 5.74) is 3.88. The lowest BCUT2D eigenvalue weighted by Crippen LogP contribution is -1.99. The van der Waals surface area contributed by atoms with Crippen LogP contribution < -0.4 is 0 Å². The van der Waals surface area contributed by atoms with Gasteiger partial charge in [0.2, 0.25) is 0 Å². The molecule has 0 saturated carbocycles. The molecule has 0 radical (unpaired) electrons. The smallest absolute Gasteiger partial charge is 0.122 e. The maximum atomic E-state index is 10.1. The maximum Gasteiger partial charge on any atom is 0.122 e. The zero-order chi connectivity index (χ0) is 16.1. The predicted octanol–water partition coefficient (Wildman–Crippen LogP) is 4.10. The molecule has 0 aliphatic carbocycles. The van der Waals surface area contributed by atoms with Crippen LogP contribution in [0.2, 0.25) is 0 Å². The van der Waals surface area contributed by atoms with E-state index in [-0.39, 0.29) is 17.2 Å². The number of phenolic OH excluding ortho intramolecular Hbond substituents is 3. The molecule has 0 spiro atoms. The van der Waals surface area contributed by atoms with E-state index in [2.05, 4.69) is 6.58 Å². The third kappa shape index (κ3) is 4.29. The Balaban J connectivity index is 2.19. The Kier molecular flexibility index (Phi) is 5.10. The van der Waals surface area contributed by atoms with Crippen molar-refractivity contribution in [2.45, 2.75) is 32.6 Å². The van der Waals surface area contributed by atoms with Crippen LogP contribution in [0.1, 0.15) is 30.0 Å². The van der Waals surface area contributed by atoms with Crippen molar-refractivity contribution in [2.24, 2.45) is 0 Å². The highest BCUT2D eigenvalue weighted by Crippen LogP contribution is 2.30. The minimum atomic E-state index is 0.0717. The van der Waals surface area contributed by atoms with E-state index in [9.17, 15) is 15.3 Å². The third-order valence-electron chi connectivity index (χ3n) is 3.70. The molecule has 3 heteroatoms. The van der Waals surface area contributed by atoms with E-state index in [1.807, 2.05) is 19.1 Å². The van der Waals surface area contributed by atoms with Gasteiger partial charge in [-0.05, 0) is 67.5 Å². The lowest BCUT2D eigenvalue weighted by atomic mass is 9.95. The number of aromatic hydroxyl groups is 3. The van der Waals surface area contributed by atoms with Gasteiger partial charge in [0.1, 0.15) is 17.2 Å². The molecule has 3 N–H and O–H groups in total. The first-order valence-corrected chi connectivity index (χ1v) is 7.41. The first-order chi connectivity index (χ1) is 10.5. The molecule has 2 aromatic rings. The lowest BCUT2D eigenvalue weighted by molar-refractivity contribution is 0.444. The summed E-state index contributed by atoms with van der Waals surface area (Å²) < 4.78 is 0. The highest BCUT2D eigenvalue weighted by molar-refractivity contribution is 5.46. The highest BCUT2D eigenvalue weighted by Gasteiger charge is 2.11. The summed E-state index contributed by atoms with van der Waals surface area (Å²) in [5, 5.41) is 29.3.